The van der Waals surface area contributed by atoms with Crippen LogP contribution < -0.4 is 5.73 Å². The van der Waals surface area contributed by atoms with E-state index in [0.29, 0.717) is 6.42 Å². The van der Waals surface area contributed by atoms with Gasteiger partial charge in [0.1, 0.15) is 0 Å². The summed E-state index contributed by atoms with van der Waals surface area (Å²) in [7, 11) is 1.85. The number of amides is 1. The van der Waals surface area contributed by atoms with Crippen LogP contribution >= 0.6 is 0 Å². The molecule has 1 amide bonds. The third-order valence-corrected chi connectivity index (χ3v) is 3.06. The molecule has 1 atom stereocenters. The standard InChI is InChI=1S/C15H24N2O/c1-12-5-4-6-14(11-12)7-8-15(18)17(3)10-9-13(2)16/h4-6,11,13H,7-10,16H2,1-3H3. The van der Waals surface area contributed by atoms with Crippen LogP contribution in [-0.2, 0) is 11.2 Å². The van der Waals surface area contributed by atoms with Crippen molar-refractivity contribution in [3.8, 4) is 0 Å². The van der Waals surface area contributed by atoms with Gasteiger partial charge in [-0.05, 0) is 32.3 Å². The molecule has 0 heterocycles. The highest BCUT2D eigenvalue weighted by atomic mass is 16.2. The molecule has 1 aromatic rings. The Morgan fingerprint density at radius 2 is 2.17 bits per heavy atom. The predicted octanol–water partition coefficient (Wildman–Crippen LogP) is 2.12. The molecule has 1 rings (SSSR count). The van der Waals surface area contributed by atoms with Gasteiger partial charge >= 0.3 is 0 Å². The van der Waals surface area contributed by atoms with Crippen LogP contribution in [0.25, 0.3) is 0 Å². The molecule has 0 aliphatic heterocycles. The average molecular weight is 248 g/mol. The average Bonchev–Trinajstić information content (AvgIpc) is 2.33. The number of nitrogens with zero attached hydrogens (tertiary/aromatic N) is 1. The van der Waals surface area contributed by atoms with E-state index in [1.807, 2.05) is 20.0 Å². The maximum Gasteiger partial charge on any atom is 0.222 e. The molecule has 0 saturated carbocycles. The Bertz CT molecular complexity index is 388. The van der Waals surface area contributed by atoms with Crippen LogP contribution in [0.15, 0.2) is 24.3 Å². The first-order chi connectivity index (χ1) is 8.49. The third kappa shape index (κ3) is 5.32. The van der Waals surface area contributed by atoms with Crippen LogP contribution in [0.4, 0.5) is 0 Å². The Morgan fingerprint density at radius 3 is 2.78 bits per heavy atom. The van der Waals surface area contributed by atoms with Gasteiger partial charge in [0.15, 0.2) is 0 Å². The lowest BCUT2D eigenvalue weighted by Gasteiger charge is -2.18. The van der Waals surface area contributed by atoms with Crippen molar-refractivity contribution in [3.63, 3.8) is 0 Å². The van der Waals surface area contributed by atoms with Gasteiger partial charge in [-0.2, -0.15) is 0 Å². The van der Waals surface area contributed by atoms with E-state index in [-0.39, 0.29) is 11.9 Å². The molecule has 3 nitrogen and oxygen atoms in total. The van der Waals surface area contributed by atoms with Crippen molar-refractivity contribution in [3.05, 3.63) is 35.4 Å². The van der Waals surface area contributed by atoms with E-state index in [1.165, 1.54) is 11.1 Å². The van der Waals surface area contributed by atoms with Crippen molar-refractivity contribution in [1.29, 1.82) is 0 Å². The van der Waals surface area contributed by atoms with Gasteiger partial charge in [0.05, 0.1) is 0 Å². The van der Waals surface area contributed by atoms with E-state index in [9.17, 15) is 4.79 Å². The van der Waals surface area contributed by atoms with Crippen LogP contribution in [0.3, 0.4) is 0 Å². The minimum absolute atomic E-state index is 0.150. The fraction of sp³-hybridized carbons (Fsp3) is 0.533. The van der Waals surface area contributed by atoms with Crippen molar-refractivity contribution < 1.29 is 4.79 Å². The minimum Gasteiger partial charge on any atom is -0.346 e. The first-order valence-electron chi connectivity index (χ1n) is 6.54. The molecule has 1 unspecified atom stereocenters. The fourth-order valence-electron chi connectivity index (χ4n) is 1.83. The van der Waals surface area contributed by atoms with E-state index >= 15 is 0 Å². The van der Waals surface area contributed by atoms with Crippen LogP contribution in [0.1, 0.15) is 30.9 Å². The van der Waals surface area contributed by atoms with Crippen molar-refractivity contribution in [2.75, 3.05) is 13.6 Å². The van der Waals surface area contributed by atoms with Gasteiger partial charge in [-0.1, -0.05) is 29.8 Å². The summed E-state index contributed by atoms with van der Waals surface area (Å²) in [5.41, 5.74) is 8.15. The molecule has 0 bridgehead atoms. The molecule has 0 spiro atoms. The maximum absolute atomic E-state index is 11.9. The number of carbonyl (C=O) groups is 1. The summed E-state index contributed by atoms with van der Waals surface area (Å²) < 4.78 is 0. The number of aryl methyl sites for hydroxylation is 2. The van der Waals surface area contributed by atoms with Gasteiger partial charge in [-0.15, -0.1) is 0 Å². The Morgan fingerprint density at radius 1 is 1.44 bits per heavy atom. The zero-order chi connectivity index (χ0) is 13.5. The Kier molecular flexibility index (Phi) is 5.86. The third-order valence-electron chi connectivity index (χ3n) is 3.06. The van der Waals surface area contributed by atoms with Gasteiger partial charge in [0, 0.05) is 26.1 Å². The van der Waals surface area contributed by atoms with Gasteiger partial charge in [0.2, 0.25) is 5.91 Å². The molecule has 2 N–H and O–H groups in total. The second-order valence-corrected chi connectivity index (χ2v) is 5.07. The van der Waals surface area contributed by atoms with Crippen molar-refractivity contribution >= 4 is 5.91 Å². The monoisotopic (exact) mass is 248 g/mol. The summed E-state index contributed by atoms with van der Waals surface area (Å²) in [6.45, 7) is 4.77. The molecular weight excluding hydrogens is 224 g/mol. The Labute approximate surface area is 110 Å². The lowest BCUT2D eigenvalue weighted by atomic mass is 10.1. The molecule has 100 valence electrons. The highest BCUT2D eigenvalue weighted by molar-refractivity contribution is 5.76. The van der Waals surface area contributed by atoms with Gasteiger partial charge in [-0.25, -0.2) is 0 Å². The quantitative estimate of drug-likeness (QED) is 0.838. The van der Waals surface area contributed by atoms with Gasteiger partial charge < -0.3 is 10.6 Å². The highest BCUT2D eigenvalue weighted by Gasteiger charge is 2.09. The SMILES string of the molecule is Cc1cccc(CCC(=O)N(C)CCC(C)N)c1. The molecule has 0 radical (unpaired) electrons. The van der Waals surface area contributed by atoms with Crippen LogP contribution in [0.5, 0.6) is 0 Å². The predicted molar refractivity (Wildman–Crippen MR) is 75.4 cm³/mol. The molecule has 1 aromatic carbocycles. The van der Waals surface area contributed by atoms with E-state index < -0.39 is 0 Å². The van der Waals surface area contributed by atoms with Crippen LogP contribution in [0, 0.1) is 6.92 Å². The molecule has 0 saturated heterocycles. The molecule has 18 heavy (non-hydrogen) atoms. The van der Waals surface area contributed by atoms with E-state index in [2.05, 4.69) is 25.1 Å². The second-order valence-electron chi connectivity index (χ2n) is 5.07. The Hall–Kier alpha value is -1.35. The lowest BCUT2D eigenvalue weighted by molar-refractivity contribution is -0.129. The normalized spacial score (nSPS) is 12.2. The summed E-state index contributed by atoms with van der Waals surface area (Å²) >= 11 is 0. The molecule has 3 heteroatoms. The molecule has 0 fully saturated rings. The number of nitrogens with two attached hydrogens (primary N) is 1. The number of hydrogen-bond donors (Lipinski definition) is 1. The number of rotatable bonds is 6. The number of benzene rings is 1. The summed E-state index contributed by atoms with van der Waals surface area (Å²) in [6.07, 6.45) is 2.23. The van der Waals surface area contributed by atoms with Crippen LogP contribution in [-0.4, -0.2) is 30.4 Å². The first-order valence-corrected chi connectivity index (χ1v) is 6.54. The summed E-state index contributed by atoms with van der Waals surface area (Å²) in [4.78, 5) is 13.7. The summed E-state index contributed by atoms with van der Waals surface area (Å²) in [6, 6.07) is 8.46. The second kappa shape index (κ2) is 7.17. The van der Waals surface area contributed by atoms with Crippen LogP contribution in [0.2, 0.25) is 0 Å². The van der Waals surface area contributed by atoms with E-state index in [1.54, 1.807) is 4.90 Å². The number of carbonyl (C=O) groups excluding carboxylic acids is 1. The molecule has 0 aromatic heterocycles. The van der Waals surface area contributed by atoms with Gasteiger partial charge in [-0.3, -0.25) is 4.79 Å². The smallest absolute Gasteiger partial charge is 0.222 e. The zero-order valence-electron chi connectivity index (χ0n) is 11.6. The fourth-order valence-corrected chi connectivity index (χ4v) is 1.83. The summed E-state index contributed by atoms with van der Waals surface area (Å²) in [5.74, 6) is 0.192. The molecule has 0 aliphatic carbocycles. The van der Waals surface area contributed by atoms with Gasteiger partial charge in [0.25, 0.3) is 0 Å². The van der Waals surface area contributed by atoms with Crippen molar-refractivity contribution in [2.24, 2.45) is 5.73 Å². The Balaban J connectivity index is 2.36. The zero-order valence-corrected chi connectivity index (χ0v) is 11.6. The largest absolute Gasteiger partial charge is 0.346 e. The maximum atomic E-state index is 11.9. The van der Waals surface area contributed by atoms with Crippen molar-refractivity contribution in [1.82, 2.24) is 4.90 Å². The van der Waals surface area contributed by atoms with E-state index in [4.69, 9.17) is 5.73 Å². The van der Waals surface area contributed by atoms with E-state index in [0.717, 1.165) is 19.4 Å². The minimum atomic E-state index is 0.150. The first kappa shape index (κ1) is 14.7. The number of hydrogen-bond acceptors (Lipinski definition) is 2. The lowest BCUT2D eigenvalue weighted by Crippen LogP contribution is -2.31. The molecular formula is C15H24N2O. The molecule has 0 aliphatic rings. The topological polar surface area (TPSA) is 46.3 Å². The summed E-state index contributed by atoms with van der Waals surface area (Å²) in [5, 5.41) is 0. The van der Waals surface area contributed by atoms with Crippen molar-refractivity contribution in [2.45, 2.75) is 39.2 Å². The highest BCUT2D eigenvalue weighted by Crippen LogP contribution is 2.07.